The first-order valence-corrected chi connectivity index (χ1v) is 8.74. The van der Waals surface area contributed by atoms with E-state index in [2.05, 4.69) is 18.8 Å². The fourth-order valence-corrected chi connectivity index (χ4v) is 3.87. The van der Waals surface area contributed by atoms with Crippen molar-refractivity contribution in [2.75, 3.05) is 0 Å². The molecule has 3 aromatic rings. The van der Waals surface area contributed by atoms with Gasteiger partial charge in [0, 0.05) is 17.5 Å². The van der Waals surface area contributed by atoms with Crippen LogP contribution in [0.2, 0.25) is 0 Å². The molecule has 2 atom stereocenters. The van der Waals surface area contributed by atoms with Crippen LogP contribution in [-0.4, -0.2) is 32.4 Å². The summed E-state index contributed by atoms with van der Waals surface area (Å²) >= 11 is 0. The van der Waals surface area contributed by atoms with Gasteiger partial charge in [-0.3, -0.25) is 14.2 Å². The van der Waals surface area contributed by atoms with Crippen LogP contribution in [0.4, 0.5) is 0 Å². The minimum Gasteiger partial charge on any atom is -0.448 e. The van der Waals surface area contributed by atoms with Gasteiger partial charge in [-0.2, -0.15) is 0 Å². The number of benzene rings is 1. The van der Waals surface area contributed by atoms with Gasteiger partial charge in [-0.15, -0.1) is 0 Å². The normalized spacial score (nSPS) is 21.1. The van der Waals surface area contributed by atoms with Gasteiger partial charge in [0.05, 0.1) is 6.33 Å². The zero-order valence-corrected chi connectivity index (χ0v) is 14.4. The van der Waals surface area contributed by atoms with Crippen molar-refractivity contribution in [3.05, 3.63) is 40.9 Å². The highest BCUT2D eigenvalue weighted by Crippen LogP contribution is 2.25. The third-order valence-corrected chi connectivity index (χ3v) is 5.14. The number of rotatable bonds is 2. The van der Waals surface area contributed by atoms with Crippen molar-refractivity contribution >= 4 is 28.0 Å². The predicted octanol–water partition coefficient (Wildman–Crippen LogP) is 2.93. The maximum absolute atomic E-state index is 12.8. The zero-order chi connectivity index (χ0) is 17.6. The van der Waals surface area contributed by atoms with Crippen LogP contribution < -0.4 is 5.56 Å². The summed E-state index contributed by atoms with van der Waals surface area (Å²) in [4.78, 5) is 31.8. The van der Waals surface area contributed by atoms with Gasteiger partial charge >= 0.3 is 0 Å². The Balaban J connectivity index is 1.70. The molecule has 1 aromatic carbocycles. The molecule has 6 heteroatoms. The fourth-order valence-electron chi connectivity index (χ4n) is 3.87. The molecule has 1 aliphatic heterocycles. The van der Waals surface area contributed by atoms with Crippen molar-refractivity contribution in [2.24, 2.45) is 0 Å². The minimum atomic E-state index is -0.313. The number of carbonyl (C=O) groups excluding carboxylic acids is 1. The Morgan fingerprint density at radius 1 is 1.24 bits per heavy atom. The summed E-state index contributed by atoms with van der Waals surface area (Å²) in [6.45, 7) is 4.13. The number of hydrogen-bond donors (Lipinski definition) is 0. The molecule has 4 rings (SSSR count). The highest BCUT2D eigenvalue weighted by atomic mass is 16.3. The van der Waals surface area contributed by atoms with E-state index in [1.165, 1.54) is 10.9 Å². The molecule has 1 fully saturated rings. The molecular weight excluding hydrogens is 318 g/mol. The number of fused-ring (bicyclic) bond motifs is 3. The average Bonchev–Trinajstić information content (AvgIpc) is 2.97. The number of likely N-dealkylation sites (tertiary alicyclic amines) is 1. The molecule has 0 aliphatic carbocycles. The number of amides is 1. The first-order valence-electron chi connectivity index (χ1n) is 8.74. The SMILES string of the molecule is C[C@@H]1CCC[C@H](C)N1C(=O)Cn1cnc2c(oc3ccccc32)c1=O. The number of para-hydroxylation sites is 1. The highest BCUT2D eigenvalue weighted by Gasteiger charge is 2.29. The van der Waals surface area contributed by atoms with Gasteiger partial charge in [0.2, 0.25) is 11.5 Å². The summed E-state index contributed by atoms with van der Waals surface area (Å²) in [7, 11) is 0. The topological polar surface area (TPSA) is 68.3 Å². The monoisotopic (exact) mass is 339 g/mol. The lowest BCUT2D eigenvalue weighted by Crippen LogP contribution is -2.49. The molecule has 0 radical (unpaired) electrons. The second-order valence-electron chi connectivity index (χ2n) is 6.88. The first-order chi connectivity index (χ1) is 12.1. The molecule has 0 bridgehead atoms. The van der Waals surface area contributed by atoms with Crippen LogP contribution in [0.1, 0.15) is 33.1 Å². The first kappa shape index (κ1) is 15.9. The molecule has 6 nitrogen and oxygen atoms in total. The maximum atomic E-state index is 12.8. The molecule has 3 heterocycles. The number of carbonyl (C=O) groups is 1. The van der Waals surface area contributed by atoms with Crippen LogP contribution in [0.25, 0.3) is 22.1 Å². The summed E-state index contributed by atoms with van der Waals surface area (Å²) in [6.07, 6.45) is 4.60. The van der Waals surface area contributed by atoms with Gasteiger partial charge in [-0.1, -0.05) is 12.1 Å². The Morgan fingerprint density at radius 3 is 2.72 bits per heavy atom. The molecule has 2 aromatic heterocycles. The lowest BCUT2D eigenvalue weighted by Gasteiger charge is -2.39. The third kappa shape index (κ3) is 2.62. The van der Waals surface area contributed by atoms with Gasteiger partial charge in [0.25, 0.3) is 5.56 Å². The Hall–Kier alpha value is -2.63. The third-order valence-electron chi connectivity index (χ3n) is 5.14. The van der Waals surface area contributed by atoms with Crippen LogP contribution in [0.3, 0.4) is 0 Å². The van der Waals surface area contributed by atoms with Gasteiger partial charge in [-0.05, 0) is 45.2 Å². The van der Waals surface area contributed by atoms with Crippen molar-refractivity contribution in [1.29, 1.82) is 0 Å². The average molecular weight is 339 g/mol. The van der Waals surface area contributed by atoms with Crippen LogP contribution in [0, 0.1) is 0 Å². The van der Waals surface area contributed by atoms with E-state index in [0.717, 1.165) is 24.6 Å². The molecule has 130 valence electrons. The molecule has 1 aliphatic rings. The molecule has 0 saturated carbocycles. The Kier molecular flexibility index (Phi) is 3.82. The molecule has 25 heavy (non-hydrogen) atoms. The maximum Gasteiger partial charge on any atom is 0.297 e. The number of furan rings is 1. The number of piperidine rings is 1. The van der Waals surface area contributed by atoms with Crippen molar-refractivity contribution in [3.8, 4) is 0 Å². The summed E-state index contributed by atoms with van der Waals surface area (Å²) < 4.78 is 7.02. The Labute approximate surface area is 145 Å². The van der Waals surface area contributed by atoms with Crippen molar-refractivity contribution in [3.63, 3.8) is 0 Å². The summed E-state index contributed by atoms with van der Waals surface area (Å²) in [6, 6.07) is 7.83. The quantitative estimate of drug-likeness (QED) is 0.720. The van der Waals surface area contributed by atoms with Gasteiger partial charge in [0.1, 0.15) is 17.6 Å². The number of hydrogen-bond acceptors (Lipinski definition) is 4. The van der Waals surface area contributed by atoms with Crippen LogP contribution >= 0.6 is 0 Å². The van der Waals surface area contributed by atoms with Gasteiger partial charge in [-0.25, -0.2) is 4.98 Å². The predicted molar refractivity (Wildman–Crippen MR) is 95.4 cm³/mol. The Morgan fingerprint density at radius 2 is 1.96 bits per heavy atom. The van der Waals surface area contributed by atoms with Crippen LogP contribution in [0.5, 0.6) is 0 Å². The standard InChI is InChI=1S/C19H21N3O3/c1-12-6-5-7-13(2)22(12)16(23)10-21-11-20-17-14-8-3-4-9-15(14)25-18(17)19(21)24/h3-4,8-9,11-13H,5-7,10H2,1-2H3/t12-,13+. The minimum absolute atomic E-state index is 0.00645. The largest absolute Gasteiger partial charge is 0.448 e. The van der Waals surface area contributed by atoms with E-state index in [1.807, 2.05) is 29.2 Å². The van der Waals surface area contributed by atoms with E-state index in [0.29, 0.717) is 11.1 Å². The van der Waals surface area contributed by atoms with Gasteiger partial charge in [0.15, 0.2) is 0 Å². The summed E-state index contributed by atoms with van der Waals surface area (Å²) in [5, 5.41) is 0.811. The fraction of sp³-hybridized carbons (Fsp3) is 0.421. The lowest BCUT2D eigenvalue weighted by atomic mass is 9.97. The number of aromatic nitrogens is 2. The van der Waals surface area contributed by atoms with E-state index in [-0.39, 0.29) is 35.7 Å². The Bertz CT molecular complexity index is 994. The van der Waals surface area contributed by atoms with Crippen LogP contribution in [-0.2, 0) is 11.3 Å². The van der Waals surface area contributed by atoms with E-state index in [1.54, 1.807) is 0 Å². The van der Waals surface area contributed by atoms with E-state index >= 15 is 0 Å². The highest BCUT2D eigenvalue weighted by molar-refractivity contribution is 6.01. The smallest absolute Gasteiger partial charge is 0.297 e. The van der Waals surface area contributed by atoms with E-state index in [9.17, 15) is 9.59 Å². The van der Waals surface area contributed by atoms with Crippen molar-refractivity contribution in [1.82, 2.24) is 14.5 Å². The van der Waals surface area contributed by atoms with Gasteiger partial charge < -0.3 is 9.32 Å². The van der Waals surface area contributed by atoms with Crippen LogP contribution in [0.15, 0.2) is 39.8 Å². The number of nitrogens with zero attached hydrogens (tertiary/aromatic N) is 3. The van der Waals surface area contributed by atoms with E-state index < -0.39 is 0 Å². The zero-order valence-electron chi connectivity index (χ0n) is 14.4. The molecule has 1 amide bonds. The molecule has 1 saturated heterocycles. The summed E-state index contributed by atoms with van der Waals surface area (Å²) in [5.41, 5.74) is 1.07. The second kappa shape index (κ2) is 6.02. The molecule has 0 spiro atoms. The van der Waals surface area contributed by atoms with Crippen molar-refractivity contribution in [2.45, 2.75) is 51.7 Å². The summed E-state index contributed by atoms with van der Waals surface area (Å²) in [5.74, 6) is -0.0425. The second-order valence-corrected chi connectivity index (χ2v) is 6.88. The van der Waals surface area contributed by atoms with E-state index in [4.69, 9.17) is 4.42 Å². The molecule has 0 N–H and O–H groups in total. The molecule has 0 unspecified atom stereocenters. The van der Waals surface area contributed by atoms with Crippen molar-refractivity contribution < 1.29 is 9.21 Å². The lowest BCUT2D eigenvalue weighted by molar-refractivity contribution is -0.138. The molecular formula is C19H21N3O3.